The standard InChI is InChI=1S/C24H24N4O8S.K/c1-24(2)18(22(31)32)27-20(30)17(21(27)37-24)25-19(29)16(14-6-4-3-5-7-14)26-23(33)36-12-13-8-10-15(11-9-13)28(34)35;/h3-11,16-18,21H,12H2,1-2H3,(H,25,29)(H,26,33)(H,31,32);/q;+1/p-1/t16?,17-,18+,21-;/m1./s1. The average molecular weight is 567 g/mol. The molecule has 2 saturated heterocycles. The van der Waals surface area contributed by atoms with E-state index in [9.17, 15) is 34.4 Å². The molecule has 2 heterocycles. The summed E-state index contributed by atoms with van der Waals surface area (Å²) >= 11 is 1.25. The molecule has 12 nitrogen and oxygen atoms in total. The SMILES string of the molecule is CC1(C)S[C@@H]2[C@H](NC(=O)C(NC(=O)OCc3ccc([N+](=O)[O-])cc3)c3ccccc3)C(=O)N2[C@H]1C(=O)[O-].[K+]. The Morgan fingerprint density at radius 3 is 2.34 bits per heavy atom. The van der Waals surface area contributed by atoms with Crippen LogP contribution in [0.3, 0.4) is 0 Å². The minimum absolute atomic E-state index is 0. The predicted octanol–water partition coefficient (Wildman–Crippen LogP) is -2.14. The van der Waals surface area contributed by atoms with Crippen LogP contribution in [0, 0.1) is 10.1 Å². The van der Waals surface area contributed by atoms with Crippen LogP contribution in [0.25, 0.3) is 0 Å². The number of nitrogens with zero attached hydrogens (tertiary/aromatic N) is 2. The number of nitro benzene ring substituents is 1. The van der Waals surface area contributed by atoms with Crippen LogP contribution in [0.1, 0.15) is 31.0 Å². The molecule has 1 unspecified atom stereocenters. The molecule has 0 bridgehead atoms. The number of nitrogens with one attached hydrogen (secondary N) is 2. The molecule has 4 atom stereocenters. The Hall–Kier alpha value is -2.49. The van der Waals surface area contributed by atoms with Gasteiger partial charge in [-0.1, -0.05) is 30.3 Å². The number of nitro groups is 1. The van der Waals surface area contributed by atoms with E-state index in [2.05, 4.69) is 10.6 Å². The van der Waals surface area contributed by atoms with Gasteiger partial charge in [0.2, 0.25) is 11.8 Å². The number of non-ortho nitro benzene ring substituents is 1. The Kier molecular flexibility index (Phi) is 9.60. The van der Waals surface area contributed by atoms with Crippen molar-refractivity contribution in [1.29, 1.82) is 0 Å². The number of hydrogen-bond donors (Lipinski definition) is 2. The second kappa shape index (κ2) is 12.1. The van der Waals surface area contributed by atoms with Crippen molar-refractivity contribution in [3.8, 4) is 0 Å². The van der Waals surface area contributed by atoms with Crippen molar-refractivity contribution in [2.24, 2.45) is 0 Å². The van der Waals surface area contributed by atoms with Crippen molar-refractivity contribution in [3.63, 3.8) is 0 Å². The van der Waals surface area contributed by atoms with E-state index < -0.39 is 57.0 Å². The van der Waals surface area contributed by atoms with Crippen LogP contribution in [0.4, 0.5) is 10.5 Å². The minimum atomic E-state index is -1.36. The number of thioether (sulfide) groups is 1. The normalized spacial score (nSPS) is 21.7. The number of fused-ring (bicyclic) bond motifs is 1. The van der Waals surface area contributed by atoms with Gasteiger partial charge in [0.25, 0.3) is 5.69 Å². The van der Waals surface area contributed by atoms with Crippen LogP contribution in [0.15, 0.2) is 54.6 Å². The largest absolute Gasteiger partial charge is 1.00 e. The number of benzene rings is 2. The number of carboxylic acids is 1. The van der Waals surface area contributed by atoms with Gasteiger partial charge in [-0.2, -0.15) is 0 Å². The van der Waals surface area contributed by atoms with E-state index in [0.29, 0.717) is 11.1 Å². The second-order valence-corrected chi connectivity index (χ2v) is 10.8. The zero-order chi connectivity index (χ0) is 26.9. The van der Waals surface area contributed by atoms with Crippen LogP contribution >= 0.6 is 11.8 Å². The van der Waals surface area contributed by atoms with Gasteiger partial charge in [-0.3, -0.25) is 19.7 Å². The molecular formula is C24H23KN4O8S. The van der Waals surface area contributed by atoms with Crippen molar-refractivity contribution in [2.45, 2.75) is 48.7 Å². The zero-order valence-corrected chi connectivity index (χ0v) is 24.7. The fraction of sp³-hybridized carbons (Fsp3) is 0.333. The van der Waals surface area contributed by atoms with E-state index in [4.69, 9.17) is 4.74 Å². The van der Waals surface area contributed by atoms with E-state index in [1.807, 2.05) is 0 Å². The third-order valence-electron chi connectivity index (χ3n) is 6.14. The van der Waals surface area contributed by atoms with E-state index in [1.165, 1.54) is 40.9 Å². The summed E-state index contributed by atoms with van der Waals surface area (Å²) in [4.78, 5) is 61.5. The Balaban J connectivity index is 0.00000400. The molecule has 194 valence electrons. The molecule has 2 aromatic carbocycles. The molecule has 0 aromatic heterocycles. The van der Waals surface area contributed by atoms with Gasteiger partial charge in [0.05, 0.1) is 16.9 Å². The Morgan fingerprint density at radius 2 is 1.76 bits per heavy atom. The topological polar surface area (TPSA) is 171 Å². The predicted molar refractivity (Wildman–Crippen MR) is 129 cm³/mol. The van der Waals surface area contributed by atoms with Crippen molar-refractivity contribution in [1.82, 2.24) is 15.5 Å². The van der Waals surface area contributed by atoms with E-state index in [1.54, 1.807) is 44.2 Å². The van der Waals surface area contributed by atoms with Crippen molar-refractivity contribution >= 4 is 41.3 Å². The molecule has 0 radical (unpaired) electrons. The molecule has 3 amide bonds. The molecule has 0 spiro atoms. The number of carbonyl (C=O) groups excluding carboxylic acids is 4. The van der Waals surface area contributed by atoms with Gasteiger partial charge in [0.15, 0.2) is 0 Å². The molecule has 0 saturated carbocycles. The molecule has 38 heavy (non-hydrogen) atoms. The van der Waals surface area contributed by atoms with Gasteiger partial charge >= 0.3 is 57.5 Å². The van der Waals surface area contributed by atoms with E-state index >= 15 is 0 Å². The summed E-state index contributed by atoms with van der Waals surface area (Å²) in [7, 11) is 0. The number of carboxylic acid groups (broad SMARTS) is 1. The van der Waals surface area contributed by atoms with Crippen LogP contribution in [0.5, 0.6) is 0 Å². The zero-order valence-electron chi connectivity index (χ0n) is 20.8. The summed E-state index contributed by atoms with van der Waals surface area (Å²) in [5.41, 5.74) is 0.834. The third-order valence-corrected chi connectivity index (χ3v) is 7.71. The molecule has 0 aliphatic carbocycles. The second-order valence-electron chi connectivity index (χ2n) is 9.05. The first kappa shape index (κ1) is 30.1. The Morgan fingerprint density at radius 1 is 1.13 bits per heavy atom. The van der Waals surface area contributed by atoms with Gasteiger partial charge in [0, 0.05) is 16.9 Å². The smallest absolute Gasteiger partial charge is 0.548 e. The summed E-state index contributed by atoms with van der Waals surface area (Å²) in [6.45, 7) is 3.19. The first-order valence-electron chi connectivity index (χ1n) is 11.2. The Labute approximate surface area is 264 Å². The van der Waals surface area contributed by atoms with Gasteiger partial charge in [-0.25, -0.2) is 4.79 Å². The van der Waals surface area contributed by atoms with Crippen LogP contribution in [-0.4, -0.2) is 55.9 Å². The quantitative estimate of drug-likeness (QED) is 0.157. The van der Waals surface area contributed by atoms with Crippen molar-refractivity contribution in [3.05, 3.63) is 75.8 Å². The Bertz CT molecular complexity index is 1240. The molecular weight excluding hydrogens is 543 g/mol. The summed E-state index contributed by atoms with van der Waals surface area (Å²) in [6.07, 6.45) is -0.919. The maximum absolute atomic E-state index is 13.2. The van der Waals surface area contributed by atoms with Gasteiger partial charge in [-0.15, -0.1) is 11.8 Å². The maximum Gasteiger partial charge on any atom is 1.00 e. The van der Waals surface area contributed by atoms with Crippen LogP contribution in [0.2, 0.25) is 0 Å². The monoisotopic (exact) mass is 566 g/mol. The molecule has 2 aromatic rings. The fourth-order valence-corrected chi connectivity index (χ4v) is 5.95. The average Bonchev–Trinajstić information content (AvgIpc) is 3.13. The van der Waals surface area contributed by atoms with Crippen molar-refractivity contribution < 1.29 is 85.3 Å². The molecule has 4 rings (SSSR count). The number of β-lactam (4-membered cyclic amide) rings is 1. The number of hydrogen-bond acceptors (Lipinski definition) is 9. The molecule has 14 heteroatoms. The number of amides is 3. The van der Waals surface area contributed by atoms with Crippen LogP contribution < -0.4 is 67.1 Å². The summed E-state index contributed by atoms with van der Waals surface area (Å²) < 4.78 is 4.37. The first-order chi connectivity index (χ1) is 17.5. The number of carbonyl (C=O) groups is 4. The molecule has 2 N–H and O–H groups in total. The number of rotatable bonds is 8. The summed E-state index contributed by atoms with van der Waals surface area (Å²) in [6, 6.07) is 10.5. The first-order valence-corrected chi connectivity index (χ1v) is 12.1. The van der Waals surface area contributed by atoms with E-state index in [-0.39, 0.29) is 63.7 Å². The summed E-state index contributed by atoms with van der Waals surface area (Å²) in [5, 5.41) is 26.9. The molecule has 2 aliphatic heterocycles. The van der Waals surface area contributed by atoms with Gasteiger partial charge in [-0.05, 0) is 37.1 Å². The minimum Gasteiger partial charge on any atom is -0.548 e. The van der Waals surface area contributed by atoms with Crippen LogP contribution in [-0.2, 0) is 25.7 Å². The van der Waals surface area contributed by atoms with E-state index in [0.717, 1.165) is 0 Å². The summed E-state index contributed by atoms with van der Waals surface area (Å²) in [5.74, 6) is -2.58. The van der Waals surface area contributed by atoms with Gasteiger partial charge in [0.1, 0.15) is 24.1 Å². The third kappa shape index (κ3) is 6.21. The number of alkyl carbamates (subject to hydrolysis) is 1. The number of ether oxygens (including phenoxy) is 1. The fourth-order valence-electron chi connectivity index (χ4n) is 4.33. The number of aliphatic carboxylic acids is 1. The molecule has 2 fully saturated rings. The molecule has 2 aliphatic rings. The van der Waals surface area contributed by atoms with Crippen molar-refractivity contribution in [2.75, 3.05) is 0 Å². The maximum atomic E-state index is 13.2. The van der Waals surface area contributed by atoms with Gasteiger partial charge < -0.3 is 30.2 Å².